The predicted molar refractivity (Wildman–Crippen MR) is 48.3 cm³/mol. The number of aryl methyl sites for hydroxylation is 1. The number of nitrogens with zero attached hydrogens (tertiary/aromatic N) is 3. The first-order valence-electron chi connectivity index (χ1n) is 4.21. The molecule has 1 N–H and O–H groups in total. The summed E-state index contributed by atoms with van der Waals surface area (Å²) in [4.78, 5) is 4.14. The van der Waals surface area contributed by atoms with Gasteiger partial charge in [-0.3, -0.25) is 9.67 Å². The fourth-order valence-corrected chi connectivity index (χ4v) is 1.35. The number of hydrogen-bond acceptors (Lipinski definition) is 3. The normalized spacial score (nSPS) is 14.1. The van der Waals surface area contributed by atoms with E-state index in [2.05, 4.69) is 22.3 Å². The highest BCUT2D eigenvalue weighted by Gasteiger charge is 2.10. The van der Waals surface area contributed by atoms with Crippen LogP contribution in [0.5, 0.6) is 0 Å². The van der Waals surface area contributed by atoms with Gasteiger partial charge in [0, 0.05) is 6.54 Å². The Hall–Kier alpha value is -1.32. The van der Waals surface area contributed by atoms with Crippen molar-refractivity contribution >= 4 is 12.0 Å². The molecule has 1 aliphatic rings. The molecule has 0 radical (unpaired) electrons. The smallest absolute Gasteiger partial charge is 0.0873 e. The first-order valence-corrected chi connectivity index (χ1v) is 4.21. The van der Waals surface area contributed by atoms with Crippen LogP contribution >= 0.6 is 0 Å². The summed E-state index contributed by atoms with van der Waals surface area (Å²) in [7, 11) is 0. The highest BCUT2D eigenvalue weighted by molar-refractivity contribution is 5.78. The summed E-state index contributed by atoms with van der Waals surface area (Å²) in [6.45, 7) is 3.88. The summed E-state index contributed by atoms with van der Waals surface area (Å²) in [6, 6.07) is 0. The molecule has 4 heteroatoms. The molecule has 2 heterocycles. The molecule has 0 unspecified atom stereocenters. The van der Waals surface area contributed by atoms with Crippen LogP contribution in [0, 0.1) is 0 Å². The van der Waals surface area contributed by atoms with Crippen LogP contribution in [-0.2, 0) is 13.1 Å². The highest BCUT2D eigenvalue weighted by Crippen LogP contribution is 2.18. The zero-order valence-electron chi connectivity index (χ0n) is 7.12. The van der Waals surface area contributed by atoms with Crippen LogP contribution in [0.2, 0.25) is 0 Å². The second kappa shape index (κ2) is 2.97. The maximum absolute atomic E-state index is 4.26. The van der Waals surface area contributed by atoms with Gasteiger partial charge in [0.05, 0.1) is 30.5 Å². The number of nitrogens with one attached hydrogen (secondary N) is 1. The van der Waals surface area contributed by atoms with Gasteiger partial charge in [0.2, 0.25) is 0 Å². The Morgan fingerprint density at radius 3 is 3.42 bits per heavy atom. The van der Waals surface area contributed by atoms with Gasteiger partial charge in [0.1, 0.15) is 0 Å². The van der Waals surface area contributed by atoms with Crippen molar-refractivity contribution in [3.05, 3.63) is 11.9 Å². The van der Waals surface area contributed by atoms with Gasteiger partial charge in [0.25, 0.3) is 0 Å². The van der Waals surface area contributed by atoms with E-state index in [-0.39, 0.29) is 0 Å². The van der Waals surface area contributed by atoms with E-state index in [1.54, 1.807) is 6.34 Å². The third kappa shape index (κ3) is 1.09. The molecule has 2 rings (SSSR count). The molecule has 0 saturated heterocycles. The van der Waals surface area contributed by atoms with E-state index in [1.807, 2.05) is 10.9 Å². The lowest BCUT2D eigenvalue weighted by molar-refractivity contribution is 0.575. The molecule has 1 aliphatic heterocycles. The van der Waals surface area contributed by atoms with Crippen molar-refractivity contribution in [2.24, 2.45) is 4.99 Å². The van der Waals surface area contributed by atoms with Crippen molar-refractivity contribution in [2.45, 2.75) is 26.4 Å². The summed E-state index contributed by atoms with van der Waals surface area (Å²) < 4.78 is 2.01. The minimum atomic E-state index is 0.752. The molecular formula is C8H12N4. The van der Waals surface area contributed by atoms with E-state index < -0.39 is 0 Å². The number of aromatic nitrogens is 2. The number of aliphatic imine (C=N–C) groups is 1. The van der Waals surface area contributed by atoms with Crippen molar-refractivity contribution < 1.29 is 0 Å². The molecular weight excluding hydrogens is 152 g/mol. The van der Waals surface area contributed by atoms with E-state index in [4.69, 9.17) is 0 Å². The van der Waals surface area contributed by atoms with Gasteiger partial charge < -0.3 is 5.32 Å². The van der Waals surface area contributed by atoms with Crippen LogP contribution in [0.25, 0.3) is 0 Å². The third-order valence-electron chi connectivity index (χ3n) is 1.94. The van der Waals surface area contributed by atoms with Gasteiger partial charge in [-0.25, -0.2) is 0 Å². The zero-order chi connectivity index (χ0) is 8.39. The average molecular weight is 164 g/mol. The molecule has 12 heavy (non-hydrogen) atoms. The fraction of sp³-hybridized carbons (Fsp3) is 0.500. The van der Waals surface area contributed by atoms with Crippen LogP contribution in [0.15, 0.2) is 11.2 Å². The quantitative estimate of drug-likeness (QED) is 0.714. The highest BCUT2D eigenvalue weighted by atomic mass is 15.3. The SMILES string of the molecule is CCCn1ncc2c1CN=CN2. The Morgan fingerprint density at radius 1 is 1.67 bits per heavy atom. The Kier molecular flexibility index (Phi) is 1.81. The van der Waals surface area contributed by atoms with Gasteiger partial charge in [-0.05, 0) is 6.42 Å². The average Bonchev–Trinajstić information content (AvgIpc) is 2.50. The lowest BCUT2D eigenvalue weighted by Gasteiger charge is -2.09. The maximum Gasteiger partial charge on any atom is 0.0873 e. The minimum absolute atomic E-state index is 0.752. The standard InChI is InChI=1S/C8H12N4/c1-2-3-12-8-5-9-6-10-7(8)4-11-12/h4,6H,2-3,5H2,1H3,(H,9,10). The second-order valence-corrected chi connectivity index (χ2v) is 2.84. The van der Waals surface area contributed by atoms with Gasteiger partial charge in [-0.15, -0.1) is 0 Å². The molecule has 0 amide bonds. The number of rotatable bonds is 2. The molecule has 64 valence electrons. The number of anilines is 1. The van der Waals surface area contributed by atoms with Crippen molar-refractivity contribution in [1.82, 2.24) is 9.78 Å². The van der Waals surface area contributed by atoms with Crippen LogP contribution in [0.3, 0.4) is 0 Å². The molecule has 4 nitrogen and oxygen atoms in total. The lowest BCUT2D eigenvalue weighted by atomic mass is 10.3. The molecule has 1 aromatic rings. The summed E-state index contributed by atoms with van der Waals surface area (Å²) in [5.41, 5.74) is 2.29. The minimum Gasteiger partial charge on any atom is -0.344 e. The zero-order valence-corrected chi connectivity index (χ0v) is 7.12. The molecule has 0 spiro atoms. The van der Waals surface area contributed by atoms with Gasteiger partial charge in [-0.2, -0.15) is 5.10 Å². The summed E-state index contributed by atoms with van der Waals surface area (Å²) >= 11 is 0. The van der Waals surface area contributed by atoms with Gasteiger partial charge in [-0.1, -0.05) is 6.92 Å². The third-order valence-corrected chi connectivity index (χ3v) is 1.94. The Labute approximate surface area is 71.3 Å². The Balaban J connectivity index is 2.29. The number of fused-ring (bicyclic) bond motifs is 1. The van der Waals surface area contributed by atoms with Crippen molar-refractivity contribution in [3.63, 3.8) is 0 Å². The molecule has 1 aromatic heterocycles. The maximum atomic E-state index is 4.26. The predicted octanol–water partition coefficient (Wildman–Crippen LogP) is 1.25. The van der Waals surface area contributed by atoms with Crippen LogP contribution in [0.4, 0.5) is 5.69 Å². The van der Waals surface area contributed by atoms with E-state index >= 15 is 0 Å². The van der Waals surface area contributed by atoms with Gasteiger partial charge in [0.15, 0.2) is 0 Å². The van der Waals surface area contributed by atoms with E-state index in [1.165, 1.54) is 5.69 Å². The largest absolute Gasteiger partial charge is 0.344 e. The first-order chi connectivity index (χ1) is 5.92. The molecule has 0 aromatic carbocycles. The Bertz CT molecular complexity index is 300. The lowest BCUT2D eigenvalue weighted by Crippen LogP contribution is -2.09. The summed E-state index contributed by atoms with van der Waals surface area (Å²) in [5, 5.41) is 7.33. The molecule has 0 fully saturated rings. The van der Waals surface area contributed by atoms with Crippen molar-refractivity contribution in [3.8, 4) is 0 Å². The van der Waals surface area contributed by atoms with Crippen molar-refractivity contribution in [1.29, 1.82) is 0 Å². The molecule has 0 bridgehead atoms. The summed E-state index contributed by atoms with van der Waals surface area (Å²) in [5.74, 6) is 0. The van der Waals surface area contributed by atoms with Crippen molar-refractivity contribution in [2.75, 3.05) is 5.32 Å². The monoisotopic (exact) mass is 164 g/mol. The fourth-order valence-electron chi connectivity index (χ4n) is 1.35. The topological polar surface area (TPSA) is 42.2 Å². The number of hydrogen-bond donors (Lipinski definition) is 1. The second-order valence-electron chi connectivity index (χ2n) is 2.84. The van der Waals surface area contributed by atoms with E-state index in [9.17, 15) is 0 Å². The molecule has 0 atom stereocenters. The van der Waals surface area contributed by atoms with E-state index in [0.29, 0.717) is 0 Å². The van der Waals surface area contributed by atoms with E-state index in [0.717, 1.165) is 25.2 Å². The van der Waals surface area contributed by atoms with Crippen LogP contribution in [0.1, 0.15) is 19.0 Å². The molecule has 0 saturated carbocycles. The van der Waals surface area contributed by atoms with Crippen LogP contribution < -0.4 is 5.32 Å². The van der Waals surface area contributed by atoms with Gasteiger partial charge >= 0.3 is 0 Å². The Morgan fingerprint density at radius 2 is 2.58 bits per heavy atom. The first kappa shape index (κ1) is 7.34. The van der Waals surface area contributed by atoms with Crippen LogP contribution in [-0.4, -0.2) is 16.1 Å². The molecule has 0 aliphatic carbocycles. The summed E-state index contributed by atoms with van der Waals surface area (Å²) in [6.07, 6.45) is 4.69.